The molecule has 2 amide bonds. The van der Waals surface area contributed by atoms with Gasteiger partial charge in [0.2, 0.25) is 0 Å². The van der Waals surface area contributed by atoms with Gasteiger partial charge in [-0.2, -0.15) is 0 Å². The molecule has 8 nitrogen and oxygen atoms in total. The summed E-state index contributed by atoms with van der Waals surface area (Å²) in [5.41, 5.74) is 3.75. The molecule has 1 aliphatic heterocycles. The Hall–Kier alpha value is -3.81. The number of hydrogen-bond donors (Lipinski definition) is 2. The highest BCUT2D eigenvalue weighted by atomic mass is 16.6. The van der Waals surface area contributed by atoms with Gasteiger partial charge < -0.3 is 19.9 Å². The molecule has 1 heterocycles. The van der Waals surface area contributed by atoms with Crippen molar-refractivity contribution in [2.24, 2.45) is 0 Å². The molecule has 0 spiro atoms. The lowest BCUT2D eigenvalue weighted by atomic mass is 9.98. The van der Waals surface area contributed by atoms with Crippen molar-refractivity contribution in [1.29, 1.82) is 0 Å². The van der Waals surface area contributed by atoms with E-state index >= 15 is 0 Å². The summed E-state index contributed by atoms with van der Waals surface area (Å²) >= 11 is 0. The van der Waals surface area contributed by atoms with E-state index in [4.69, 9.17) is 9.47 Å². The number of nitrogens with one attached hydrogen (secondary N) is 1. The van der Waals surface area contributed by atoms with Gasteiger partial charge in [0.1, 0.15) is 18.2 Å². The Morgan fingerprint density at radius 2 is 1.66 bits per heavy atom. The Morgan fingerprint density at radius 3 is 2.23 bits per heavy atom. The van der Waals surface area contributed by atoms with E-state index in [0.29, 0.717) is 6.42 Å². The van der Waals surface area contributed by atoms with Gasteiger partial charge in [-0.1, -0.05) is 54.6 Å². The maximum atomic E-state index is 13.0. The quantitative estimate of drug-likeness (QED) is 0.612. The largest absolute Gasteiger partial charge is 0.480 e. The van der Waals surface area contributed by atoms with Gasteiger partial charge in [0.15, 0.2) is 0 Å². The number of nitrogens with zero attached hydrogens (tertiary/aromatic N) is 1. The van der Waals surface area contributed by atoms with E-state index in [1.165, 1.54) is 4.90 Å². The van der Waals surface area contributed by atoms with E-state index in [-0.39, 0.29) is 18.9 Å². The summed E-state index contributed by atoms with van der Waals surface area (Å²) in [6, 6.07) is 14.5. The maximum absolute atomic E-state index is 13.0. The van der Waals surface area contributed by atoms with Crippen molar-refractivity contribution < 1.29 is 29.0 Å². The third-order valence-corrected chi connectivity index (χ3v) is 6.11. The molecule has 2 aromatic rings. The average Bonchev–Trinajstić information content (AvgIpc) is 3.38. The Kier molecular flexibility index (Phi) is 6.82. The van der Waals surface area contributed by atoms with Crippen molar-refractivity contribution >= 4 is 18.2 Å². The van der Waals surface area contributed by atoms with E-state index in [0.717, 1.165) is 22.3 Å². The molecule has 2 aromatic carbocycles. The summed E-state index contributed by atoms with van der Waals surface area (Å²) in [4.78, 5) is 38.3. The maximum Gasteiger partial charge on any atom is 0.414 e. The molecule has 0 aromatic heterocycles. The van der Waals surface area contributed by atoms with Gasteiger partial charge in [-0.05, 0) is 55.9 Å². The van der Waals surface area contributed by atoms with Crippen molar-refractivity contribution in [3.63, 3.8) is 0 Å². The molecule has 2 atom stereocenters. The van der Waals surface area contributed by atoms with E-state index < -0.39 is 35.8 Å². The van der Waals surface area contributed by atoms with Crippen molar-refractivity contribution in [2.45, 2.75) is 57.2 Å². The highest BCUT2D eigenvalue weighted by molar-refractivity contribution is 5.81. The number of benzene rings is 2. The second-order valence-corrected chi connectivity index (χ2v) is 9.76. The smallest absolute Gasteiger partial charge is 0.414 e. The van der Waals surface area contributed by atoms with Crippen LogP contribution in [0.3, 0.4) is 0 Å². The molecule has 4 rings (SSSR count). The molecule has 0 saturated carbocycles. The van der Waals surface area contributed by atoms with Crippen LogP contribution in [-0.2, 0) is 14.3 Å². The molecule has 1 aliphatic carbocycles. The van der Waals surface area contributed by atoms with E-state index in [2.05, 4.69) is 17.4 Å². The first-order valence-corrected chi connectivity index (χ1v) is 11.7. The molecular weight excluding hydrogens is 448 g/mol. The fourth-order valence-corrected chi connectivity index (χ4v) is 4.60. The van der Waals surface area contributed by atoms with Crippen LogP contribution < -0.4 is 5.32 Å². The molecule has 0 radical (unpaired) electrons. The summed E-state index contributed by atoms with van der Waals surface area (Å²) in [6.45, 7) is 5.26. The number of ether oxygens (including phenoxy) is 2. The first kappa shape index (κ1) is 24.3. The van der Waals surface area contributed by atoms with Crippen LogP contribution in [0.15, 0.2) is 60.8 Å². The standard InChI is InChI=1S/C27H30N2O6/c1-27(2,3)35-25(32)28-23(24(30)31)15-17-9-8-14-29(17)26(33)34-16-22-20-12-6-4-10-18(20)19-11-5-7-13-21(19)22/h4-8,10-14,17,22-23H,9,15-16H2,1-3H3,(H,28,32)(H,30,31)/t17-,23+/m1/s1. The molecule has 2 N–H and O–H groups in total. The number of carboxylic acid groups (broad SMARTS) is 1. The summed E-state index contributed by atoms with van der Waals surface area (Å²) in [6.07, 6.45) is 2.51. The van der Waals surface area contributed by atoms with Crippen LogP contribution in [-0.4, -0.2) is 52.5 Å². The van der Waals surface area contributed by atoms with E-state index in [9.17, 15) is 19.5 Å². The van der Waals surface area contributed by atoms with Gasteiger partial charge in [0.05, 0.1) is 0 Å². The summed E-state index contributed by atoms with van der Waals surface area (Å²) in [5, 5.41) is 12.0. The van der Waals surface area contributed by atoms with E-state index in [1.54, 1.807) is 33.0 Å². The highest BCUT2D eigenvalue weighted by Crippen LogP contribution is 2.44. The molecule has 0 unspecified atom stereocenters. The van der Waals surface area contributed by atoms with Crippen molar-refractivity contribution in [1.82, 2.24) is 10.2 Å². The van der Waals surface area contributed by atoms with Crippen LogP contribution in [0.5, 0.6) is 0 Å². The molecule has 8 heteroatoms. The summed E-state index contributed by atoms with van der Waals surface area (Å²) < 4.78 is 10.9. The van der Waals surface area contributed by atoms with Gasteiger partial charge in [0.25, 0.3) is 0 Å². The number of carbonyl (C=O) groups excluding carboxylic acids is 2. The molecule has 0 fully saturated rings. The molecule has 0 bridgehead atoms. The molecule has 2 aliphatic rings. The lowest BCUT2D eigenvalue weighted by Crippen LogP contribution is -2.47. The zero-order valence-electron chi connectivity index (χ0n) is 20.1. The van der Waals surface area contributed by atoms with Gasteiger partial charge in [-0.3, -0.25) is 4.90 Å². The van der Waals surface area contributed by atoms with Crippen molar-refractivity contribution in [2.75, 3.05) is 6.61 Å². The SMILES string of the molecule is CC(C)(C)OC(=O)N[C@@H](C[C@H]1CC=CN1C(=O)OCC1c2ccccc2-c2ccccc21)C(=O)O. The topological polar surface area (TPSA) is 105 Å². The second-order valence-electron chi connectivity index (χ2n) is 9.76. The van der Waals surface area contributed by atoms with Crippen molar-refractivity contribution in [3.05, 3.63) is 71.9 Å². The molecule has 184 valence electrons. The average molecular weight is 479 g/mol. The Balaban J connectivity index is 1.40. The molecule has 0 saturated heterocycles. The molecule has 35 heavy (non-hydrogen) atoms. The minimum Gasteiger partial charge on any atom is -0.480 e. The van der Waals surface area contributed by atoms with Crippen LogP contribution in [0.1, 0.15) is 50.7 Å². The Labute approximate surface area is 204 Å². The lowest BCUT2D eigenvalue weighted by Gasteiger charge is -2.27. The normalized spacial score (nSPS) is 17.5. The number of amides is 2. The monoisotopic (exact) mass is 478 g/mol. The van der Waals surface area contributed by atoms with Crippen LogP contribution in [0.4, 0.5) is 9.59 Å². The Morgan fingerprint density at radius 1 is 1.06 bits per heavy atom. The minimum atomic E-state index is -1.21. The Bertz CT molecular complexity index is 1110. The number of rotatable bonds is 6. The number of carboxylic acids is 1. The predicted molar refractivity (Wildman–Crippen MR) is 130 cm³/mol. The zero-order chi connectivity index (χ0) is 25.2. The number of aliphatic carboxylic acids is 1. The second kappa shape index (κ2) is 9.82. The van der Waals surface area contributed by atoms with E-state index in [1.807, 2.05) is 36.4 Å². The fourth-order valence-electron chi connectivity index (χ4n) is 4.60. The highest BCUT2D eigenvalue weighted by Gasteiger charge is 2.34. The fraction of sp³-hybridized carbons (Fsp3) is 0.370. The predicted octanol–water partition coefficient (Wildman–Crippen LogP) is 4.89. The van der Waals surface area contributed by atoms with Crippen LogP contribution in [0.2, 0.25) is 0 Å². The van der Waals surface area contributed by atoms with Crippen LogP contribution in [0, 0.1) is 0 Å². The van der Waals surface area contributed by atoms with Gasteiger partial charge >= 0.3 is 18.2 Å². The van der Waals surface area contributed by atoms with Gasteiger partial charge in [0, 0.05) is 18.2 Å². The first-order valence-electron chi connectivity index (χ1n) is 11.7. The number of hydrogen-bond acceptors (Lipinski definition) is 5. The first-order chi connectivity index (χ1) is 16.6. The third kappa shape index (κ3) is 5.48. The number of fused-ring (bicyclic) bond motifs is 3. The molecular formula is C27H30N2O6. The summed E-state index contributed by atoms with van der Waals surface area (Å²) in [5.74, 6) is -1.27. The summed E-state index contributed by atoms with van der Waals surface area (Å²) in [7, 11) is 0. The number of carbonyl (C=O) groups is 3. The zero-order valence-corrected chi connectivity index (χ0v) is 20.1. The van der Waals surface area contributed by atoms with Crippen LogP contribution in [0.25, 0.3) is 11.1 Å². The van der Waals surface area contributed by atoms with Gasteiger partial charge in [-0.15, -0.1) is 0 Å². The van der Waals surface area contributed by atoms with Crippen molar-refractivity contribution in [3.8, 4) is 11.1 Å². The van der Waals surface area contributed by atoms with Crippen LogP contribution >= 0.6 is 0 Å². The minimum absolute atomic E-state index is 0.0196. The third-order valence-electron chi connectivity index (χ3n) is 6.11. The number of alkyl carbamates (subject to hydrolysis) is 1. The lowest BCUT2D eigenvalue weighted by molar-refractivity contribution is -0.140. The van der Waals surface area contributed by atoms with Gasteiger partial charge in [-0.25, -0.2) is 14.4 Å².